The second kappa shape index (κ2) is 6.51. The summed E-state index contributed by atoms with van der Waals surface area (Å²) in [5.74, 6) is -1.91. The van der Waals surface area contributed by atoms with Gasteiger partial charge in [-0.25, -0.2) is 0 Å². The van der Waals surface area contributed by atoms with Crippen molar-refractivity contribution in [3.05, 3.63) is 77.4 Å². The monoisotopic (exact) mass is 414 g/mol. The van der Waals surface area contributed by atoms with Crippen LogP contribution in [0.2, 0.25) is 0 Å². The van der Waals surface area contributed by atoms with E-state index in [1.165, 1.54) is 7.11 Å². The summed E-state index contributed by atoms with van der Waals surface area (Å²) in [4.78, 5) is 40.5. The Hall–Kier alpha value is -3.47. The van der Waals surface area contributed by atoms with E-state index in [-0.39, 0.29) is 5.78 Å². The number of Topliss-reactive ketones (excluding diaryl/α,β-unsaturated/α-hetero) is 1. The normalized spacial score (nSPS) is 25.9. The van der Waals surface area contributed by atoms with Gasteiger partial charge in [0.2, 0.25) is 0 Å². The van der Waals surface area contributed by atoms with Gasteiger partial charge in [0.25, 0.3) is 0 Å². The molecule has 1 fully saturated rings. The van der Waals surface area contributed by atoms with Gasteiger partial charge in [0, 0.05) is 17.0 Å². The highest BCUT2D eigenvalue weighted by Gasteiger charge is 2.90. The van der Waals surface area contributed by atoms with E-state index in [1.54, 1.807) is 18.2 Å². The molecule has 31 heavy (non-hydrogen) atoms. The van der Waals surface area contributed by atoms with Crippen LogP contribution in [-0.4, -0.2) is 24.8 Å². The number of fused-ring (bicyclic) bond motifs is 5. The predicted molar refractivity (Wildman–Crippen MR) is 115 cm³/mol. The Bertz CT molecular complexity index is 1260. The zero-order chi connectivity index (χ0) is 22.0. The maximum Gasteiger partial charge on any atom is 0.330 e. The van der Waals surface area contributed by atoms with Crippen LogP contribution in [-0.2, 0) is 14.3 Å². The first-order chi connectivity index (χ1) is 14.9. The van der Waals surface area contributed by atoms with E-state index in [0.717, 1.165) is 21.9 Å². The summed E-state index contributed by atoms with van der Waals surface area (Å²) < 4.78 is 10.8. The molecule has 0 bridgehead atoms. The van der Waals surface area contributed by atoms with Gasteiger partial charge in [-0.05, 0) is 30.2 Å². The number of ketones is 1. The molecule has 1 aliphatic carbocycles. The molecule has 156 valence electrons. The SMILES string of the molecule is CC[C@@]1(C(=O)c2ccc(C)cc2)[C@@H]2c3c(ccc4ccccc34)OC(=O)[C@@]21C(=O)OC. The van der Waals surface area contributed by atoms with E-state index < -0.39 is 28.7 Å². The lowest BCUT2D eigenvalue weighted by molar-refractivity contribution is -0.160. The first-order valence-corrected chi connectivity index (χ1v) is 10.4. The van der Waals surface area contributed by atoms with Crippen LogP contribution in [0.4, 0.5) is 0 Å². The van der Waals surface area contributed by atoms with Crippen molar-refractivity contribution in [2.24, 2.45) is 10.8 Å². The highest BCUT2D eigenvalue weighted by atomic mass is 16.6. The van der Waals surface area contributed by atoms with Crippen molar-refractivity contribution in [2.45, 2.75) is 26.2 Å². The number of carbonyl (C=O) groups is 3. The highest BCUT2D eigenvalue weighted by Crippen LogP contribution is 2.80. The van der Waals surface area contributed by atoms with Crippen LogP contribution >= 0.6 is 0 Å². The second-order valence-electron chi connectivity index (χ2n) is 8.34. The molecule has 1 heterocycles. The van der Waals surface area contributed by atoms with Crippen molar-refractivity contribution < 1.29 is 23.9 Å². The van der Waals surface area contributed by atoms with Crippen molar-refractivity contribution in [1.82, 2.24) is 0 Å². The third-order valence-electron chi connectivity index (χ3n) is 7.07. The van der Waals surface area contributed by atoms with Crippen molar-refractivity contribution in [2.75, 3.05) is 7.11 Å². The molecule has 0 saturated heterocycles. The minimum atomic E-state index is -1.68. The third kappa shape index (κ3) is 2.23. The number of benzene rings is 3. The second-order valence-corrected chi connectivity index (χ2v) is 8.34. The van der Waals surface area contributed by atoms with Crippen LogP contribution in [0.15, 0.2) is 60.7 Å². The van der Waals surface area contributed by atoms with E-state index in [0.29, 0.717) is 17.7 Å². The van der Waals surface area contributed by atoms with Gasteiger partial charge in [-0.15, -0.1) is 0 Å². The molecule has 0 radical (unpaired) electrons. The molecule has 0 unspecified atom stereocenters. The predicted octanol–water partition coefficient (Wildman–Crippen LogP) is 4.60. The van der Waals surface area contributed by atoms with Gasteiger partial charge in [-0.1, -0.05) is 67.1 Å². The van der Waals surface area contributed by atoms with Gasteiger partial charge in [-0.2, -0.15) is 0 Å². The lowest BCUT2D eigenvalue weighted by Gasteiger charge is -2.23. The highest BCUT2D eigenvalue weighted by molar-refractivity contribution is 6.21. The van der Waals surface area contributed by atoms with Crippen molar-refractivity contribution in [1.29, 1.82) is 0 Å². The summed E-state index contributed by atoms with van der Waals surface area (Å²) in [6.07, 6.45) is 0.303. The zero-order valence-corrected chi connectivity index (χ0v) is 17.6. The molecule has 1 aliphatic heterocycles. The third-order valence-corrected chi connectivity index (χ3v) is 7.07. The van der Waals surface area contributed by atoms with E-state index in [2.05, 4.69) is 0 Å². The molecule has 0 N–H and O–H groups in total. The fourth-order valence-corrected chi connectivity index (χ4v) is 5.60. The first-order valence-electron chi connectivity index (χ1n) is 10.4. The Kier molecular flexibility index (Phi) is 4.09. The Morgan fingerprint density at radius 2 is 1.74 bits per heavy atom. The lowest BCUT2D eigenvalue weighted by Crippen LogP contribution is -2.40. The molecule has 0 aromatic heterocycles. The summed E-state index contributed by atoms with van der Waals surface area (Å²) in [5, 5.41) is 1.83. The van der Waals surface area contributed by atoms with Crippen LogP contribution in [0.25, 0.3) is 10.8 Å². The van der Waals surface area contributed by atoms with Gasteiger partial charge >= 0.3 is 11.9 Å². The van der Waals surface area contributed by atoms with Crippen LogP contribution in [0.1, 0.15) is 40.7 Å². The fourth-order valence-electron chi connectivity index (χ4n) is 5.60. The number of ether oxygens (including phenoxy) is 2. The Morgan fingerprint density at radius 3 is 2.42 bits per heavy atom. The molecular formula is C26H22O5. The first kappa shape index (κ1) is 19.5. The number of rotatable bonds is 4. The molecule has 1 saturated carbocycles. The molecule has 5 heteroatoms. The molecule has 3 atom stereocenters. The van der Waals surface area contributed by atoms with E-state index >= 15 is 0 Å². The lowest BCUT2D eigenvalue weighted by atomic mass is 9.83. The smallest absolute Gasteiger partial charge is 0.330 e. The van der Waals surface area contributed by atoms with Crippen LogP contribution in [0.5, 0.6) is 5.75 Å². The molecule has 0 spiro atoms. The van der Waals surface area contributed by atoms with E-state index in [1.807, 2.05) is 56.3 Å². The Labute approximate surface area is 180 Å². The number of hydrogen-bond donors (Lipinski definition) is 0. The summed E-state index contributed by atoms with van der Waals surface area (Å²) in [7, 11) is 1.25. The number of aryl methyl sites for hydroxylation is 1. The Morgan fingerprint density at radius 1 is 1.03 bits per heavy atom. The molecule has 2 aliphatic rings. The summed E-state index contributed by atoms with van der Waals surface area (Å²) in [5.41, 5.74) is -0.726. The summed E-state index contributed by atoms with van der Waals surface area (Å²) in [6, 6.07) is 18.6. The largest absolute Gasteiger partial charge is 0.468 e. The summed E-state index contributed by atoms with van der Waals surface area (Å²) in [6.45, 7) is 3.78. The summed E-state index contributed by atoms with van der Waals surface area (Å²) >= 11 is 0. The van der Waals surface area contributed by atoms with Crippen LogP contribution in [0.3, 0.4) is 0 Å². The average Bonchev–Trinajstić information content (AvgIpc) is 3.44. The van der Waals surface area contributed by atoms with E-state index in [9.17, 15) is 14.4 Å². The topological polar surface area (TPSA) is 69.7 Å². The van der Waals surface area contributed by atoms with Gasteiger partial charge in [-0.3, -0.25) is 14.4 Å². The molecule has 0 amide bonds. The number of methoxy groups -OCH3 is 1. The molecular weight excluding hydrogens is 392 g/mol. The van der Waals surface area contributed by atoms with Gasteiger partial charge in [0.05, 0.1) is 12.5 Å². The maximum atomic E-state index is 13.9. The molecule has 5 rings (SSSR count). The minimum Gasteiger partial charge on any atom is -0.468 e. The van der Waals surface area contributed by atoms with Crippen LogP contribution in [0, 0.1) is 17.8 Å². The molecule has 3 aromatic rings. The Balaban J connectivity index is 1.81. The molecule has 5 nitrogen and oxygen atoms in total. The van der Waals surface area contributed by atoms with E-state index in [4.69, 9.17) is 9.47 Å². The molecule has 3 aromatic carbocycles. The van der Waals surface area contributed by atoms with Crippen LogP contribution < -0.4 is 4.74 Å². The fraction of sp³-hybridized carbons (Fsp3) is 0.269. The maximum absolute atomic E-state index is 13.9. The standard InChI is InChI=1S/C26H22O5/c1-4-25(22(27)17-11-9-15(2)10-12-17)21-20-18-8-6-5-7-16(18)13-14-19(20)31-24(29)26(21,25)23(28)30-3/h5-14,21H,4H2,1-3H3/t21-,25-,26-/m0/s1. The number of hydrogen-bond acceptors (Lipinski definition) is 5. The van der Waals surface area contributed by atoms with Gasteiger partial charge in [0.1, 0.15) is 5.75 Å². The van der Waals surface area contributed by atoms with Crippen molar-refractivity contribution >= 4 is 28.5 Å². The van der Waals surface area contributed by atoms with Gasteiger partial charge < -0.3 is 9.47 Å². The zero-order valence-electron chi connectivity index (χ0n) is 17.6. The minimum absolute atomic E-state index is 0.233. The quantitative estimate of drug-likeness (QED) is 0.270. The average molecular weight is 414 g/mol. The van der Waals surface area contributed by atoms with Crippen molar-refractivity contribution in [3.63, 3.8) is 0 Å². The number of carbonyl (C=O) groups excluding carboxylic acids is 3. The van der Waals surface area contributed by atoms with Gasteiger partial charge in [0.15, 0.2) is 11.2 Å². The van der Waals surface area contributed by atoms with Crippen molar-refractivity contribution in [3.8, 4) is 5.75 Å². The number of esters is 2.